The molecule has 0 aliphatic heterocycles. The lowest BCUT2D eigenvalue weighted by molar-refractivity contribution is 0.0983. The van der Waals surface area contributed by atoms with Gasteiger partial charge in [-0.05, 0) is 55.3 Å². The number of anilines is 2. The highest BCUT2D eigenvalue weighted by Gasteiger charge is 2.17. The number of nitrogens with one attached hydrogen (secondary N) is 1. The highest BCUT2D eigenvalue weighted by atomic mass is 16.2. The second-order valence-corrected chi connectivity index (χ2v) is 6.03. The third-order valence-electron chi connectivity index (χ3n) is 4.07. The van der Waals surface area contributed by atoms with Crippen molar-refractivity contribution in [2.75, 3.05) is 16.8 Å². The summed E-state index contributed by atoms with van der Waals surface area (Å²) in [4.78, 5) is 23.0. The molecule has 0 fully saturated rings. The molecule has 0 radical (unpaired) electrons. The van der Waals surface area contributed by atoms with Gasteiger partial charge in [0.1, 0.15) is 5.69 Å². The van der Waals surface area contributed by atoms with Gasteiger partial charge in [0.15, 0.2) is 0 Å². The number of nitrogens with zero attached hydrogens (tertiary/aromatic N) is 3. The van der Waals surface area contributed by atoms with Crippen molar-refractivity contribution in [3.63, 3.8) is 0 Å². The summed E-state index contributed by atoms with van der Waals surface area (Å²) in [5.41, 5.74) is 4.35. The predicted octanol–water partition coefficient (Wildman–Crippen LogP) is 4.06. The van der Waals surface area contributed by atoms with E-state index in [0.29, 0.717) is 18.8 Å². The summed E-state index contributed by atoms with van der Waals surface area (Å²) in [7, 11) is 0. The van der Waals surface area contributed by atoms with E-state index in [1.165, 1.54) is 0 Å². The Labute approximate surface area is 153 Å². The third kappa shape index (κ3) is 4.25. The number of aromatic nitrogens is 2. The summed E-state index contributed by atoms with van der Waals surface area (Å²) >= 11 is 0. The molecule has 132 valence electrons. The molecule has 1 amide bonds. The van der Waals surface area contributed by atoms with Crippen molar-refractivity contribution in [1.29, 1.82) is 0 Å². The minimum atomic E-state index is -0.108. The smallest absolute Gasteiger partial charge is 0.276 e. The summed E-state index contributed by atoms with van der Waals surface area (Å²) in [5.74, 6) is -0.108. The molecular weight excluding hydrogens is 324 g/mol. The van der Waals surface area contributed by atoms with Crippen molar-refractivity contribution in [3.8, 4) is 0 Å². The zero-order chi connectivity index (χ0) is 18.4. The normalized spacial score (nSPS) is 10.4. The first-order valence-electron chi connectivity index (χ1n) is 8.64. The van der Waals surface area contributed by atoms with E-state index in [2.05, 4.69) is 15.3 Å². The maximum Gasteiger partial charge on any atom is 0.276 e. The van der Waals surface area contributed by atoms with Crippen molar-refractivity contribution in [1.82, 2.24) is 9.97 Å². The summed E-state index contributed by atoms with van der Waals surface area (Å²) in [6.07, 6.45) is 5.22. The van der Waals surface area contributed by atoms with Crippen LogP contribution >= 0.6 is 0 Å². The quantitative estimate of drug-likeness (QED) is 0.731. The van der Waals surface area contributed by atoms with E-state index < -0.39 is 0 Å². The van der Waals surface area contributed by atoms with Crippen LogP contribution in [0.25, 0.3) is 0 Å². The Morgan fingerprint density at radius 2 is 2.00 bits per heavy atom. The van der Waals surface area contributed by atoms with Crippen LogP contribution in [0.3, 0.4) is 0 Å². The molecule has 0 aliphatic carbocycles. The van der Waals surface area contributed by atoms with Crippen LogP contribution in [0, 0.1) is 6.92 Å². The topological polar surface area (TPSA) is 58.1 Å². The van der Waals surface area contributed by atoms with Crippen molar-refractivity contribution in [2.24, 2.45) is 0 Å². The molecule has 3 rings (SSSR count). The molecule has 3 aromatic rings. The summed E-state index contributed by atoms with van der Waals surface area (Å²) < 4.78 is 0. The Hall–Kier alpha value is -3.21. The third-order valence-corrected chi connectivity index (χ3v) is 4.07. The number of pyridine rings is 2. The molecule has 1 N–H and O–H groups in total. The van der Waals surface area contributed by atoms with E-state index in [4.69, 9.17) is 0 Å². The van der Waals surface area contributed by atoms with Gasteiger partial charge in [-0.25, -0.2) is 0 Å². The Morgan fingerprint density at radius 3 is 2.73 bits per heavy atom. The number of carbonyl (C=O) groups excluding carboxylic acids is 1. The molecule has 5 nitrogen and oxygen atoms in total. The monoisotopic (exact) mass is 346 g/mol. The average molecular weight is 346 g/mol. The maximum absolute atomic E-state index is 12.9. The maximum atomic E-state index is 12.9. The zero-order valence-electron chi connectivity index (χ0n) is 15.0. The Bertz CT molecular complexity index is 880. The van der Waals surface area contributed by atoms with Gasteiger partial charge >= 0.3 is 0 Å². The number of rotatable bonds is 6. The van der Waals surface area contributed by atoms with Crippen molar-refractivity contribution >= 4 is 17.3 Å². The Kier molecular flexibility index (Phi) is 5.59. The van der Waals surface area contributed by atoms with Crippen molar-refractivity contribution in [2.45, 2.75) is 20.4 Å². The van der Waals surface area contributed by atoms with Crippen molar-refractivity contribution in [3.05, 3.63) is 83.9 Å². The van der Waals surface area contributed by atoms with Crippen LogP contribution in [0.5, 0.6) is 0 Å². The SMILES string of the molecule is CCN(C(=O)c1cc(NCc2cccnc2)ccn1)c1cccc(C)c1. The van der Waals surface area contributed by atoms with E-state index in [1.54, 1.807) is 23.4 Å². The van der Waals surface area contributed by atoms with Gasteiger partial charge in [-0.15, -0.1) is 0 Å². The minimum Gasteiger partial charge on any atom is -0.381 e. The van der Waals surface area contributed by atoms with Crippen LogP contribution in [0.15, 0.2) is 67.1 Å². The molecule has 0 aliphatic rings. The summed E-state index contributed by atoms with van der Waals surface area (Å²) in [6, 6.07) is 15.5. The molecule has 0 unspecified atom stereocenters. The van der Waals surface area contributed by atoms with Crippen LogP contribution in [0.4, 0.5) is 11.4 Å². The van der Waals surface area contributed by atoms with Gasteiger partial charge in [0.25, 0.3) is 5.91 Å². The fraction of sp³-hybridized carbons (Fsp3) is 0.190. The van der Waals surface area contributed by atoms with Crippen LogP contribution in [0.2, 0.25) is 0 Å². The van der Waals surface area contributed by atoms with Gasteiger partial charge in [0.2, 0.25) is 0 Å². The van der Waals surface area contributed by atoms with Gasteiger partial charge in [-0.1, -0.05) is 18.2 Å². The van der Waals surface area contributed by atoms with Gasteiger partial charge in [-0.2, -0.15) is 0 Å². The first kappa shape index (κ1) is 17.6. The average Bonchev–Trinajstić information content (AvgIpc) is 2.68. The Balaban J connectivity index is 1.76. The van der Waals surface area contributed by atoms with E-state index >= 15 is 0 Å². The number of hydrogen-bond donors (Lipinski definition) is 1. The fourth-order valence-corrected chi connectivity index (χ4v) is 2.74. The number of carbonyl (C=O) groups is 1. The zero-order valence-corrected chi connectivity index (χ0v) is 15.0. The molecule has 26 heavy (non-hydrogen) atoms. The molecule has 0 saturated carbocycles. The number of aryl methyl sites for hydroxylation is 1. The first-order chi connectivity index (χ1) is 12.7. The molecule has 1 aromatic carbocycles. The lowest BCUT2D eigenvalue weighted by Gasteiger charge is -2.21. The highest BCUT2D eigenvalue weighted by Crippen LogP contribution is 2.19. The first-order valence-corrected chi connectivity index (χ1v) is 8.64. The number of hydrogen-bond acceptors (Lipinski definition) is 4. The second-order valence-electron chi connectivity index (χ2n) is 6.03. The van der Waals surface area contributed by atoms with Gasteiger partial charge in [0.05, 0.1) is 0 Å². The Morgan fingerprint density at radius 1 is 1.12 bits per heavy atom. The fourth-order valence-electron chi connectivity index (χ4n) is 2.74. The molecule has 0 atom stereocenters. The molecule has 0 saturated heterocycles. The van der Waals surface area contributed by atoms with Crippen LogP contribution in [-0.2, 0) is 6.54 Å². The highest BCUT2D eigenvalue weighted by molar-refractivity contribution is 6.05. The standard InChI is InChI=1S/C21H22N4O/c1-3-25(19-8-4-6-16(2)12-19)21(26)20-13-18(9-11-23-20)24-15-17-7-5-10-22-14-17/h4-14H,3,15H2,1-2H3,(H,23,24). The number of amides is 1. The van der Waals surface area contributed by atoms with Crippen LogP contribution < -0.4 is 10.2 Å². The molecule has 5 heteroatoms. The summed E-state index contributed by atoms with van der Waals surface area (Å²) in [5, 5.41) is 3.31. The van der Waals surface area contributed by atoms with Crippen molar-refractivity contribution < 1.29 is 4.79 Å². The van der Waals surface area contributed by atoms with Gasteiger partial charge < -0.3 is 10.2 Å². The predicted molar refractivity (Wildman–Crippen MR) is 104 cm³/mol. The molecular formula is C21H22N4O. The summed E-state index contributed by atoms with van der Waals surface area (Å²) in [6.45, 7) is 5.20. The van der Waals surface area contributed by atoms with E-state index in [-0.39, 0.29) is 5.91 Å². The van der Waals surface area contributed by atoms with E-state index in [1.807, 2.05) is 62.5 Å². The second kappa shape index (κ2) is 8.25. The molecule has 2 aromatic heterocycles. The van der Waals surface area contributed by atoms with Crippen LogP contribution in [-0.4, -0.2) is 22.4 Å². The van der Waals surface area contributed by atoms with E-state index in [0.717, 1.165) is 22.5 Å². The van der Waals surface area contributed by atoms with E-state index in [9.17, 15) is 4.79 Å². The molecule has 0 spiro atoms. The lowest BCUT2D eigenvalue weighted by Crippen LogP contribution is -2.31. The molecule has 2 heterocycles. The van der Waals surface area contributed by atoms with Gasteiger partial charge in [0, 0.05) is 43.1 Å². The van der Waals surface area contributed by atoms with Crippen LogP contribution in [0.1, 0.15) is 28.5 Å². The van der Waals surface area contributed by atoms with Gasteiger partial charge in [-0.3, -0.25) is 14.8 Å². The lowest BCUT2D eigenvalue weighted by atomic mass is 10.2. The minimum absolute atomic E-state index is 0.108. The largest absolute Gasteiger partial charge is 0.381 e. The number of benzene rings is 1. The molecule has 0 bridgehead atoms.